The van der Waals surface area contributed by atoms with Gasteiger partial charge in [-0.2, -0.15) is 0 Å². The first-order valence-electron chi connectivity index (χ1n) is 8.08. The average molecular weight is 296 g/mol. The van der Waals surface area contributed by atoms with Crippen LogP contribution in [-0.2, 0) is 0 Å². The quantitative estimate of drug-likeness (QED) is 0.945. The van der Waals surface area contributed by atoms with Crippen molar-refractivity contribution in [3.8, 4) is 11.4 Å². The van der Waals surface area contributed by atoms with Gasteiger partial charge in [0.2, 0.25) is 0 Å². The van der Waals surface area contributed by atoms with Gasteiger partial charge in [-0.15, -0.1) is 0 Å². The molecule has 0 bridgehead atoms. The molecular weight excluding hydrogens is 272 g/mol. The fourth-order valence-electron chi connectivity index (χ4n) is 2.76. The van der Waals surface area contributed by atoms with Gasteiger partial charge in [0.1, 0.15) is 5.82 Å². The molecule has 22 heavy (non-hydrogen) atoms. The third kappa shape index (κ3) is 3.28. The van der Waals surface area contributed by atoms with Gasteiger partial charge in [-0.1, -0.05) is 44.2 Å². The second kappa shape index (κ2) is 6.44. The van der Waals surface area contributed by atoms with Crippen molar-refractivity contribution in [2.45, 2.75) is 38.6 Å². The van der Waals surface area contributed by atoms with Crippen molar-refractivity contribution in [2.24, 2.45) is 5.73 Å². The van der Waals surface area contributed by atoms with E-state index in [0.29, 0.717) is 12.0 Å². The molecule has 2 heterocycles. The Kier molecular flexibility index (Phi) is 4.39. The Labute approximate surface area is 132 Å². The highest BCUT2D eigenvalue weighted by atomic mass is 15.2. The summed E-state index contributed by atoms with van der Waals surface area (Å²) in [4.78, 5) is 11.9. The minimum absolute atomic E-state index is 0.330. The average Bonchev–Trinajstić information content (AvgIpc) is 2.56. The van der Waals surface area contributed by atoms with E-state index in [4.69, 9.17) is 15.7 Å². The number of aromatic nitrogens is 2. The van der Waals surface area contributed by atoms with Crippen molar-refractivity contribution < 1.29 is 0 Å². The summed E-state index contributed by atoms with van der Waals surface area (Å²) in [6.45, 7) is 6.30. The van der Waals surface area contributed by atoms with E-state index in [9.17, 15) is 0 Å². The summed E-state index contributed by atoms with van der Waals surface area (Å²) in [5.41, 5.74) is 8.18. The fraction of sp³-hybridized carbons (Fsp3) is 0.444. The predicted molar refractivity (Wildman–Crippen MR) is 91.0 cm³/mol. The lowest BCUT2D eigenvalue weighted by molar-refractivity contribution is 0.498. The Morgan fingerprint density at radius 2 is 1.77 bits per heavy atom. The number of nitrogens with zero attached hydrogens (tertiary/aromatic N) is 3. The van der Waals surface area contributed by atoms with E-state index in [1.54, 1.807) is 0 Å². The van der Waals surface area contributed by atoms with Gasteiger partial charge < -0.3 is 10.6 Å². The smallest absolute Gasteiger partial charge is 0.161 e. The standard InChI is InChI=1S/C18H24N4/c1-13(2)16-12-17(22-10-8-15(19)9-11-22)21-18(20-16)14-6-4-3-5-7-14/h3-7,12-13,15H,8-11,19H2,1-2H3. The monoisotopic (exact) mass is 296 g/mol. The molecular formula is C18H24N4. The minimum atomic E-state index is 0.330. The van der Waals surface area contributed by atoms with Gasteiger partial charge in [-0.3, -0.25) is 0 Å². The zero-order valence-electron chi connectivity index (χ0n) is 13.4. The summed E-state index contributed by atoms with van der Waals surface area (Å²) in [5.74, 6) is 2.23. The van der Waals surface area contributed by atoms with Gasteiger partial charge in [0, 0.05) is 36.5 Å². The first kappa shape index (κ1) is 15.0. The molecule has 1 aliphatic rings. The highest BCUT2D eigenvalue weighted by Crippen LogP contribution is 2.25. The summed E-state index contributed by atoms with van der Waals surface area (Å²) < 4.78 is 0. The van der Waals surface area contributed by atoms with E-state index >= 15 is 0 Å². The number of benzene rings is 1. The van der Waals surface area contributed by atoms with Crippen molar-refractivity contribution in [1.29, 1.82) is 0 Å². The second-order valence-corrected chi connectivity index (χ2v) is 6.32. The molecule has 0 unspecified atom stereocenters. The van der Waals surface area contributed by atoms with Crippen LogP contribution in [0.4, 0.5) is 5.82 Å². The Morgan fingerprint density at radius 1 is 1.09 bits per heavy atom. The van der Waals surface area contributed by atoms with E-state index < -0.39 is 0 Å². The maximum absolute atomic E-state index is 6.01. The van der Waals surface area contributed by atoms with Crippen molar-refractivity contribution in [2.75, 3.05) is 18.0 Å². The summed E-state index contributed by atoms with van der Waals surface area (Å²) in [5, 5.41) is 0. The van der Waals surface area contributed by atoms with Crippen LogP contribution in [0, 0.1) is 0 Å². The first-order chi connectivity index (χ1) is 10.6. The molecule has 4 nitrogen and oxygen atoms in total. The lowest BCUT2D eigenvalue weighted by Crippen LogP contribution is -2.40. The number of anilines is 1. The molecule has 0 spiro atoms. The van der Waals surface area contributed by atoms with Crippen LogP contribution in [0.2, 0.25) is 0 Å². The molecule has 1 saturated heterocycles. The first-order valence-corrected chi connectivity index (χ1v) is 8.08. The second-order valence-electron chi connectivity index (χ2n) is 6.32. The Morgan fingerprint density at radius 3 is 2.41 bits per heavy atom. The molecule has 1 aromatic carbocycles. The third-order valence-electron chi connectivity index (χ3n) is 4.22. The highest BCUT2D eigenvalue weighted by Gasteiger charge is 2.19. The van der Waals surface area contributed by atoms with Crippen molar-refractivity contribution >= 4 is 5.82 Å². The van der Waals surface area contributed by atoms with Crippen molar-refractivity contribution in [3.63, 3.8) is 0 Å². The Bertz CT molecular complexity index is 616. The largest absolute Gasteiger partial charge is 0.356 e. The predicted octanol–water partition coefficient (Wildman–Crippen LogP) is 3.19. The molecule has 0 saturated carbocycles. The number of hydrogen-bond acceptors (Lipinski definition) is 4. The molecule has 1 aliphatic heterocycles. The summed E-state index contributed by atoms with van der Waals surface area (Å²) in [6.07, 6.45) is 2.06. The summed E-state index contributed by atoms with van der Waals surface area (Å²) >= 11 is 0. The van der Waals surface area contributed by atoms with Crippen LogP contribution in [0.15, 0.2) is 36.4 Å². The number of piperidine rings is 1. The number of nitrogens with two attached hydrogens (primary N) is 1. The van der Waals surface area contributed by atoms with Gasteiger partial charge >= 0.3 is 0 Å². The van der Waals surface area contributed by atoms with Gasteiger partial charge in [0.15, 0.2) is 5.82 Å². The van der Waals surface area contributed by atoms with Crippen LogP contribution in [0.25, 0.3) is 11.4 Å². The van der Waals surface area contributed by atoms with Crippen LogP contribution in [0.5, 0.6) is 0 Å². The molecule has 0 atom stereocenters. The minimum Gasteiger partial charge on any atom is -0.356 e. The molecule has 0 aliphatic carbocycles. The topological polar surface area (TPSA) is 55.0 Å². The van der Waals surface area contributed by atoms with Crippen molar-refractivity contribution in [3.05, 3.63) is 42.1 Å². The summed E-state index contributed by atoms with van der Waals surface area (Å²) in [7, 11) is 0. The molecule has 2 aromatic rings. The third-order valence-corrected chi connectivity index (χ3v) is 4.22. The van der Waals surface area contributed by atoms with E-state index in [2.05, 4.69) is 36.9 Å². The van der Waals surface area contributed by atoms with Crippen LogP contribution in [0.1, 0.15) is 38.3 Å². The van der Waals surface area contributed by atoms with Gasteiger partial charge in [0.25, 0.3) is 0 Å². The summed E-state index contributed by atoms with van der Waals surface area (Å²) in [6, 6.07) is 12.7. The SMILES string of the molecule is CC(C)c1cc(N2CCC(N)CC2)nc(-c2ccccc2)n1. The highest BCUT2D eigenvalue weighted by molar-refractivity contribution is 5.58. The molecule has 2 N–H and O–H groups in total. The van der Waals surface area contributed by atoms with Crippen LogP contribution in [-0.4, -0.2) is 29.1 Å². The molecule has 0 radical (unpaired) electrons. The van der Waals surface area contributed by atoms with E-state index in [0.717, 1.165) is 48.8 Å². The zero-order valence-corrected chi connectivity index (χ0v) is 13.4. The zero-order chi connectivity index (χ0) is 15.5. The van der Waals surface area contributed by atoms with Crippen LogP contribution in [0.3, 0.4) is 0 Å². The Hall–Kier alpha value is -1.94. The molecule has 0 amide bonds. The molecule has 4 heteroatoms. The van der Waals surface area contributed by atoms with Gasteiger partial charge in [0.05, 0.1) is 0 Å². The van der Waals surface area contributed by atoms with Crippen LogP contribution >= 0.6 is 0 Å². The van der Waals surface area contributed by atoms with Crippen molar-refractivity contribution in [1.82, 2.24) is 9.97 Å². The number of hydrogen-bond donors (Lipinski definition) is 1. The number of rotatable bonds is 3. The van der Waals surface area contributed by atoms with Gasteiger partial charge in [-0.05, 0) is 18.8 Å². The van der Waals surface area contributed by atoms with E-state index in [1.165, 1.54) is 0 Å². The normalized spacial score (nSPS) is 16.3. The molecule has 3 rings (SSSR count). The van der Waals surface area contributed by atoms with Gasteiger partial charge in [-0.25, -0.2) is 9.97 Å². The van der Waals surface area contributed by atoms with E-state index in [-0.39, 0.29) is 0 Å². The lowest BCUT2D eigenvalue weighted by atomic mass is 10.1. The molecule has 1 fully saturated rings. The molecule has 1 aromatic heterocycles. The maximum Gasteiger partial charge on any atom is 0.161 e. The molecule has 116 valence electrons. The maximum atomic E-state index is 6.01. The lowest BCUT2D eigenvalue weighted by Gasteiger charge is -2.31. The van der Waals surface area contributed by atoms with E-state index in [1.807, 2.05) is 18.2 Å². The fourth-order valence-corrected chi connectivity index (χ4v) is 2.76. The Balaban J connectivity index is 1.97. The van der Waals surface area contributed by atoms with Crippen LogP contribution < -0.4 is 10.6 Å².